The minimum atomic E-state index is -1.17. The van der Waals surface area contributed by atoms with Crippen LogP contribution in [0.15, 0.2) is 0 Å². The maximum Gasteiger partial charge on any atom is 0.326 e. The van der Waals surface area contributed by atoms with Crippen LogP contribution in [-0.4, -0.2) is 48.3 Å². The average molecular weight is 287 g/mol. The van der Waals surface area contributed by atoms with E-state index in [4.69, 9.17) is 9.47 Å². The quantitative estimate of drug-likeness (QED) is 0.654. The Morgan fingerprint density at radius 2 is 2.15 bits per heavy atom. The molecule has 0 aromatic heterocycles. The lowest BCUT2D eigenvalue weighted by molar-refractivity contribution is -0.148. The summed E-state index contributed by atoms with van der Waals surface area (Å²) in [6.07, 6.45) is 0.724. The van der Waals surface area contributed by atoms with E-state index in [9.17, 15) is 19.5 Å². The third kappa shape index (κ3) is 4.80. The van der Waals surface area contributed by atoms with E-state index >= 15 is 0 Å². The summed E-state index contributed by atoms with van der Waals surface area (Å²) in [5, 5.41) is 11.6. The van der Waals surface area contributed by atoms with Crippen LogP contribution in [0.4, 0.5) is 0 Å². The van der Waals surface area contributed by atoms with Gasteiger partial charge in [0.2, 0.25) is 5.91 Å². The fraction of sp³-hybridized carbons (Fsp3) is 0.769. The SMILES string of the molecule is CCOC(=O)C[C@H](C)[C@@H](NC(=O)[C@@H]1CCCO1)C(=O)O. The van der Waals surface area contributed by atoms with Crippen LogP contribution < -0.4 is 5.32 Å². The molecule has 20 heavy (non-hydrogen) atoms. The number of amides is 1. The molecule has 2 N–H and O–H groups in total. The fourth-order valence-corrected chi connectivity index (χ4v) is 2.08. The van der Waals surface area contributed by atoms with Crippen LogP contribution in [0.3, 0.4) is 0 Å². The van der Waals surface area contributed by atoms with E-state index in [-0.39, 0.29) is 13.0 Å². The van der Waals surface area contributed by atoms with Crippen molar-refractivity contribution in [2.45, 2.75) is 45.3 Å². The van der Waals surface area contributed by atoms with Crippen molar-refractivity contribution in [1.29, 1.82) is 0 Å². The van der Waals surface area contributed by atoms with E-state index in [0.29, 0.717) is 13.0 Å². The predicted octanol–water partition coefficient (Wildman–Crippen LogP) is 0.324. The molecule has 0 saturated carbocycles. The molecule has 7 nitrogen and oxygen atoms in total. The first kappa shape index (κ1) is 16.4. The number of carbonyl (C=O) groups excluding carboxylic acids is 2. The van der Waals surface area contributed by atoms with Crippen molar-refractivity contribution < 1.29 is 29.0 Å². The second kappa shape index (κ2) is 7.84. The van der Waals surface area contributed by atoms with Crippen molar-refractivity contribution in [3.63, 3.8) is 0 Å². The maximum absolute atomic E-state index is 11.9. The van der Waals surface area contributed by atoms with Gasteiger partial charge in [-0.3, -0.25) is 9.59 Å². The minimum absolute atomic E-state index is 0.0589. The van der Waals surface area contributed by atoms with Gasteiger partial charge in [-0.25, -0.2) is 4.79 Å². The molecule has 1 amide bonds. The largest absolute Gasteiger partial charge is 0.480 e. The number of carboxylic acid groups (broad SMARTS) is 1. The number of nitrogens with one attached hydrogen (secondary N) is 1. The van der Waals surface area contributed by atoms with Crippen molar-refractivity contribution in [3.8, 4) is 0 Å². The van der Waals surface area contributed by atoms with E-state index in [1.165, 1.54) is 0 Å². The van der Waals surface area contributed by atoms with Gasteiger partial charge in [-0.1, -0.05) is 6.92 Å². The first-order valence-electron chi connectivity index (χ1n) is 6.76. The molecule has 0 aromatic carbocycles. The first-order valence-corrected chi connectivity index (χ1v) is 6.76. The highest BCUT2D eigenvalue weighted by atomic mass is 16.5. The van der Waals surface area contributed by atoms with Gasteiger partial charge in [0.05, 0.1) is 13.0 Å². The monoisotopic (exact) mass is 287 g/mol. The normalized spacial score (nSPS) is 21.0. The molecule has 1 saturated heterocycles. The van der Waals surface area contributed by atoms with Gasteiger partial charge in [-0.05, 0) is 25.7 Å². The van der Waals surface area contributed by atoms with Gasteiger partial charge in [-0.2, -0.15) is 0 Å². The summed E-state index contributed by atoms with van der Waals surface area (Å²) in [5.74, 6) is -2.65. The van der Waals surface area contributed by atoms with Gasteiger partial charge in [0.1, 0.15) is 12.1 Å². The Kier molecular flexibility index (Phi) is 6.44. The second-order valence-electron chi connectivity index (χ2n) is 4.81. The lowest BCUT2D eigenvalue weighted by Crippen LogP contribution is -2.49. The average Bonchev–Trinajstić information content (AvgIpc) is 2.89. The van der Waals surface area contributed by atoms with Crippen LogP contribution in [0.5, 0.6) is 0 Å². The number of hydrogen-bond acceptors (Lipinski definition) is 5. The predicted molar refractivity (Wildman–Crippen MR) is 69.0 cm³/mol. The van der Waals surface area contributed by atoms with Gasteiger partial charge < -0.3 is 19.9 Å². The van der Waals surface area contributed by atoms with E-state index in [0.717, 1.165) is 6.42 Å². The Labute approximate surface area is 117 Å². The van der Waals surface area contributed by atoms with Crippen molar-refractivity contribution >= 4 is 17.8 Å². The second-order valence-corrected chi connectivity index (χ2v) is 4.81. The van der Waals surface area contributed by atoms with Gasteiger partial charge >= 0.3 is 11.9 Å². The van der Waals surface area contributed by atoms with Gasteiger partial charge in [-0.15, -0.1) is 0 Å². The standard InChI is InChI=1S/C13H21NO6/c1-3-19-10(15)7-8(2)11(13(17)18)14-12(16)9-5-4-6-20-9/h8-9,11H,3-7H2,1-2H3,(H,14,16)(H,17,18)/t8-,9-,11+/m0/s1. The number of hydrogen-bond donors (Lipinski definition) is 2. The number of aliphatic carboxylic acids is 1. The first-order chi connectivity index (χ1) is 9.45. The number of esters is 1. The molecular formula is C13H21NO6. The van der Waals surface area contributed by atoms with Crippen molar-refractivity contribution in [2.24, 2.45) is 5.92 Å². The van der Waals surface area contributed by atoms with Crippen LogP contribution in [-0.2, 0) is 23.9 Å². The van der Waals surface area contributed by atoms with Crippen LogP contribution in [0.2, 0.25) is 0 Å². The minimum Gasteiger partial charge on any atom is -0.480 e. The summed E-state index contributed by atoms with van der Waals surface area (Å²) in [5.41, 5.74) is 0. The smallest absolute Gasteiger partial charge is 0.326 e. The Balaban J connectivity index is 2.56. The Bertz CT molecular complexity index is 364. The number of carbonyl (C=O) groups is 3. The zero-order chi connectivity index (χ0) is 15.1. The molecule has 1 fully saturated rings. The molecule has 0 aromatic rings. The lowest BCUT2D eigenvalue weighted by Gasteiger charge is -2.22. The molecule has 3 atom stereocenters. The molecule has 114 valence electrons. The molecule has 1 heterocycles. The van der Waals surface area contributed by atoms with Crippen molar-refractivity contribution in [2.75, 3.05) is 13.2 Å². The molecule has 0 radical (unpaired) electrons. The van der Waals surface area contributed by atoms with Crippen LogP contribution in [0, 0.1) is 5.92 Å². The van der Waals surface area contributed by atoms with Crippen LogP contribution >= 0.6 is 0 Å². The molecule has 0 spiro atoms. The highest BCUT2D eigenvalue weighted by Crippen LogP contribution is 2.15. The van der Waals surface area contributed by atoms with E-state index < -0.39 is 35.9 Å². The van der Waals surface area contributed by atoms with Crippen molar-refractivity contribution in [1.82, 2.24) is 5.32 Å². The van der Waals surface area contributed by atoms with Crippen molar-refractivity contribution in [3.05, 3.63) is 0 Å². The Morgan fingerprint density at radius 3 is 2.65 bits per heavy atom. The topological polar surface area (TPSA) is 102 Å². The van der Waals surface area contributed by atoms with Crippen LogP contribution in [0.25, 0.3) is 0 Å². The molecule has 1 aliphatic heterocycles. The summed E-state index contributed by atoms with van der Waals surface area (Å²) in [6, 6.07) is -1.13. The zero-order valence-corrected chi connectivity index (χ0v) is 11.8. The summed E-state index contributed by atoms with van der Waals surface area (Å²) >= 11 is 0. The van der Waals surface area contributed by atoms with E-state index in [1.807, 2.05) is 0 Å². The zero-order valence-electron chi connectivity index (χ0n) is 11.8. The molecule has 0 bridgehead atoms. The lowest BCUT2D eigenvalue weighted by atomic mass is 9.98. The fourth-order valence-electron chi connectivity index (χ4n) is 2.08. The molecule has 1 aliphatic rings. The Hall–Kier alpha value is -1.63. The maximum atomic E-state index is 11.9. The molecule has 0 unspecified atom stereocenters. The highest BCUT2D eigenvalue weighted by molar-refractivity contribution is 5.87. The van der Waals surface area contributed by atoms with Crippen LogP contribution in [0.1, 0.15) is 33.1 Å². The summed E-state index contributed by atoms with van der Waals surface area (Å²) < 4.78 is 9.98. The van der Waals surface area contributed by atoms with Gasteiger partial charge in [0, 0.05) is 6.61 Å². The number of ether oxygens (including phenoxy) is 2. The summed E-state index contributed by atoms with van der Waals surface area (Å²) in [6.45, 7) is 4.02. The summed E-state index contributed by atoms with van der Waals surface area (Å²) in [7, 11) is 0. The molecule has 7 heteroatoms. The van der Waals surface area contributed by atoms with E-state index in [2.05, 4.69) is 5.32 Å². The number of rotatable bonds is 7. The van der Waals surface area contributed by atoms with Gasteiger partial charge in [0.15, 0.2) is 0 Å². The Morgan fingerprint density at radius 1 is 1.45 bits per heavy atom. The molecular weight excluding hydrogens is 266 g/mol. The molecule has 1 rings (SSSR count). The third-order valence-corrected chi connectivity index (χ3v) is 3.15. The van der Waals surface area contributed by atoms with Gasteiger partial charge in [0.25, 0.3) is 0 Å². The summed E-state index contributed by atoms with van der Waals surface area (Å²) in [4.78, 5) is 34.5. The van der Waals surface area contributed by atoms with E-state index in [1.54, 1.807) is 13.8 Å². The molecule has 0 aliphatic carbocycles. The third-order valence-electron chi connectivity index (χ3n) is 3.15. The highest BCUT2D eigenvalue weighted by Gasteiger charge is 2.32. The number of carboxylic acids is 1.